The van der Waals surface area contributed by atoms with Crippen LogP contribution in [0.15, 0.2) is 206 Å². The normalized spacial score (nSPS) is 13.1. The summed E-state index contributed by atoms with van der Waals surface area (Å²) in [6, 6.07) is 74.9. The molecule has 2 aliphatic rings. The van der Waals surface area contributed by atoms with Crippen molar-refractivity contribution >= 4 is 21.7 Å². The quantitative estimate of drug-likeness (QED) is 0.169. The van der Waals surface area contributed by atoms with Gasteiger partial charge in [0.05, 0.1) is 28.0 Å². The number of fused-ring (bicyclic) bond motifs is 13. The van der Waals surface area contributed by atoms with E-state index in [0.717, 1.165) is 61.2 Å². The molecule has 2 aromatic heterocycles. The molecule has 0 fully saturated rings. The van der Waals surface area contributed by atoms with Gasteiger partial charge < -0.3 is 0 Å². The van der Waals surface area contributed by atoms with Gasteiger partial charge in [-0.1, -0.05) is 170 Å². The van der Waals surface area contributed by atoms with Gasteiger partial charge in [0.15, 0.2) is 0 Å². The monoisotopic (exact) mass is 722 g/mol. The zero-order valence-electron chi connectivity index (χ0n) is 31.0. The van der Waals surface area contributed by atoms with Crippen molar-refractivity contribution in [3.05, 3.63) is 229 Å². The van der Waals surface area contributed by atoms with Crippen LogP contribution in [0, 0.1) is 0 Å². The van der Waals surface area contributed by atoms with E-state index >= 15 is 0 Å². The molecule has 8 aromatic carbocycles. The number of hydrogen-bond acceptors (Lipinski definition) is 2. The molecule has 0 amide bonds. The first-order chi connectivity index (χ1) is 28.3. The van der Waals surface area contributed by atoms with Crippen LogP contribution in [0.5, 0.6) is 0 Å². The molecule has 0 bridgehead atoms. The number of nitrogens with zero attached hydrogens (tertiary/aromatic N) is 2. The number of benzene rings is 8. The summed E-state index contributed by atoms with van der Waals surface area (Å²) in [6.07, 6.45) is 0. The molecule has 2 nitrogen and oxygen atoms in total. The fraction of sp³-hybridized carbons (Fsp3) is 0.0182. The van der Waals surface area contributed by atoms with Crippen LogP contribution < -0.4 is 0 Å². The number of hydrogen-bond donors (Lipinski definition) is 0. The molecular formula is C55H34N2. The molecule has 2 heterocycles. The highest BCUT2D eigenvalue weighted by Gasteiger charge is 2.51. The number of aromatic nitrogens is 2. The highest BCUT2D eigenvalue weighted by atomic mass is 14.7. The summed E-state index contributed by atoms with van der Waals surface area (Å²) in [6.45, 7) is 0. The van der Waals surface area contributed by atoms with Crippen LogP contribution >= 0.6 is 0 Å². The lowest BCUT2D eigenvalue weighted by molar-refractivity contribution is 0.795. The Morgan fingerprint density at radius 3 is 1.42 bits per heavy atom. The zero-order chi connectivity index (χ0) is 37.5. The summed E-state index contributed by atoms with van der Waals surface area (Å²) in [5.74, 6) is 0. The first-order valence-corrected chi connectivity index (χ1v) is 19.7. The highest BCUT2D eigenvalue weighted by Crippen LogP contribution is 2.63. The van der Waals surface area contributed by atoms with Crippen LogP contribution in [0.2, 0.25) is 0 Å². The molecule has 0 saturated carbocycles. The van der Waals surface area contributed by atoms with E-state index in [4.69, 9.17) is 9.97 Å². The van der Waals surface area contributed by atoms with Gasteiger partial charge in [0, 0.05) is 27.5 Å². The summed E-state index contributed by atoms with van der Waals surface area (Å²) in [7, 11) is 0. The predicted molar refractivity (Wildman–Crippen MR) is 235 cm³/mol. The summed E-state index contributed by atoms with van der Waals surface area (Å²) in [5, 5.41) is 3.53. The van der Waals surface area contributed by atoms with Crippen molar-refractivity contribution in [3.63, 3.8) is 0 Å². The molecule has 2 aliphatic carbocycles. The van der Waals surface area contributed by atoms with E-state index < -0.39 is 5.41 Å². The van der Waals surface area contributed by atoms with Crippen molar-refractivity contribution < 1.29 is 0 Å². The van der Waals surface area contributed by atoms with E-state index in [1.54, 1.807) is 0 Å². The molecule has 0 saturated heterocycles. The van der Waals surface area contributed by atoms with E-state index in [2.05, 4.69) is 206 Å². The number of rotatable bonds is 4. The molecule has 0 N–H and O–H groups in total. The lowest BCUT2D eigenvalue weighted by Crippen LogP contribution is -2.25. The van der Waals surface area contributed by atoms with Gasteiger partial charge in [-0.05, 0) is 97.4 Å². The molecular weight excluding hydrogens is 689 g/mol. The number of para-hydroxylation sites is 1. The highest BCUT2D eigenvalue weighted by molar-refractivity contribution is 6.14. The Kier molecular flexibility index (Phi) is 6.88. The third-order valence-corrected chi connectivity index (χ3v) is 12.3. The van der Waals surface area contributed by atoms with Crippen molar-refractivity contribution in [2.24, 2.45) is 0 Å². The van der Waals surface area contributed by atoms with E-state index in [0.29, 0.717) is 0 Å². The third kappa shape index (κ3) is 4.65. The molecule has 2 heteroatoms. The van der Waals surface area contributed by atoms with Crippen LogP contribution in [0.1, 0.15) is 22.3 Å². The van der Waals surface area contributed by atoms with Crippen molar-refractivity contribution in [3.8, 4) is 67.2 Å². The average Bonchev–Trinajstić information content (AvgIpc) is 3.75. The molecule has 12 rings (SSSR count). The Labute approximate surface area is 331 Å². The van der Waals surface area contributed by atoms with Crippen molar-refractivity contribution in [2.75, 3.05) is 0 Å². The minimum Gasteiger partial charge on any atom is -0.248 e. The van der Waals surface area contributed by atoms with Crippen LogP contribution in [0.3, 0.4) is 0 Å². The van der Waals surface area contributed by atoms with Crippen molar-refractivity contribution in [1.29, 1.82) is 0 Å². The Bertz CT molecular complexity index is 3130. The van der Waals surface area contributed by atoms with Crippen LogP contribution in [0.4, 0.5) is 0 Å². The first kappa shape index (κ1) is 31.9. The minimum atomic E-state index is -0.434. The number of pyridine rings is 2. The summed E-state index contributed by atoms with van der Waals surface area (Å²) < 4.78 is 0. The first-order valence-electron chi connectivity index (χ1n) is 19.7. The van der Waals surface area contributed by atoms with Gasteiger partial charge in [0.2, 0.25) is 0 Å². The van der Waals surface area contributed by atoms with E-state index in [1.165, 1.54) is 49.9 Å². The predicted octanol–water partition coefficient (Wildman–Crippen LogP) is 13.8. The maximum atomic E-state index is 5.50. The summed E-state index contributed by atoms with van der Waals surface area (Å²) in [4.78, 5) is 10.7. The summed E-state index contributed by atoms with van der Waals surface area (Å²) >= 11 is 0. The van der Waals surface area contributed by atoms with Gasteiger partial charge in [-0.2, -0.15) is 0 Å². The van der Waals surface area contributed by atoms with Crippen molar-refractivity contribution in [2.45, 2.75) is 5.41 Å². The maximum absolute atomic E-state index is 5.50. The molecule has 264 valence electrons. The topological polar surface area (TPSA) is 25.8 Å². The van der Waals surface area contributed by atoms with Gasteiger partial charge >= 0.3 is 0 Å². The maximum Gasteiger partial charge on any atom is 0.0788 e. The molecule has 57 heavy (non-hydrogen) atoms. The van der Waals surface area contributed by atoms with Gasteiger partial charge in [0.1, 0.15) is 0 Å². The smallest absolute Gasteiger partial charge is 0.0788 e. The molecule has 0 aliphatic heterocycles. The SMILES string of the molecule is c1ccc(-c2cc(-c3cccc(-c4nc5ccccc5c5cc6c(cc45)C4(c5ccccc5-c5ccccc54)c4ccccc4-6)c3)cc(-c3ccccc3)n2)cc1. The second-order valence-electron chi connectivity index (χ2n) is 15.2. The van der Waals surface area contributed by atoms with E-state index in [-0.39, 0.29) is 0 Å². The zero-order valence-corrected chi connectivity index (χ0v) is 31.0. The lowest BCUT2D eigenvalue weighted by Gasteiger charge is -2.30. The van der Waals surface area contributed by atoms with E-state index in [9.17, 15) is 0 Å². The second-order valence-corrected chi connectivity index (χ2v) is 15.2. The van der Waals surface area contributed by atoms with Gasteiger partial charge in [0.25, 0.3) is 0 Å². The lowest BCUT2D eigenvalue weighted by atomic mass is 9.70. The fourth-order valence-corrected chi connectivity index (χ4v) is 9.81. The fourth-order valence-electron chi connectivity index (χ4n) is 9.81. The Morgan fingerprint density at radius 2 is 0.789 bits per heavy atom. The van der Waals surface area contributed by atoms with Gasteiger partial charge in [-0.3, -0.25) is 0 Å². The molecule has 0 unspecified atom stereocenters. The van der Waals surface area contributed by atoms with Crippen LogP contribution in [0.25, 0.3) is 88.8 Å². The largest absolute Gasteiger partial charge is 0.248 e. The standard InChI is InChI=1S/C55H34N2/c1-3-16-35(17-4-1)52-31-39(32-53(56-52)36-18-5-2-6-19-36)37-20-15-21-38(30-37)54-46-34-50-45(33-44(46)43-25-10-14-29-51(43)57-54)42-24-9-13-28-49(42)55(50)47-26-11-7-22-40(47)41-23-8-12-27-48(41)55/h1-34H. The molecule has 0 atom stereocenters. The summed E-state index contributed by atoms with van der Waals surface area (Å²) in [5.41, 5.74) is 19.5. The third-order valence-electron chi connectivity index (χ3n) is 12.3. The Hall–Kier alpha value is -7.42. The van der Waals surface area contributed by atoms with Gasteiger partial charge in [-0.15, -0.1) is 0 Å². The van der Waals surface area contributed by atoms with Crippen molar-refractivity contribution in [1.82, 2.24) is 9.97 Å². The Balaban J connectivity index is 1.12. The van der Waals surface area contributed by atoms with E-state index in [1.807, 2.05) is 0 Å². The molecule has 1 spiro atoms. The molecule has 10 aromatic rings. The van der Waals surface area contributed by atoms with Crippen LogP contribution in [-0.2, 0) is 5.41 Å². The average molecular weight is 723 g/mol. The van der Waals surface area contributed by atoms with Gasteiger partial charge in [-0.25, -0.2) is 9.97 Å². The second kappa shape index (κ2) is 12.3. The minimum absolute atomic E-state index is 0.434. The Morgan fingerprint density at radius 1 is 0.281 bits per heavy atom. The molecule has 0 radical (unpaired) electrons. The van der Waals surface area contributed by atoms with Crippen LogP contribution in [-0.4, -0.2) is 9.97 Å².